The summed E-state index contributed by atoms with van der Waals surface area (Å²) in [6.07, 6.45) is 0. The summed E-state index contributed by atoms with van der Waals surface area (Å²) < 4.78 is 10.1. The smallest absolute Gasteiger partial charge is 0.311 e. The quantitative estimate of drug-likeness (QED) is 0.794. The molecule has 1 fully saturated rings. The van der Waals surface area contributed by atoms with Gasteiger partial charge in [0, 0.05) is 24.4 Å². The number of ether oxygens (including phenoxy) is 2. The highest BCUT2D eigenvalue weighted by Gasteiger charge is 2.41. The number of carbonyl (C=O) groups is 2. The van der Waals surface area contributed by atoms with Gasteiger partial charge in [0.15, 0.2) is 0 Å². The van der Waals surface area contributed by atoms with Gasteiger partial charge in [-0.2, -0.15) is 0 Å². The lowest BCUT2D eigenvalue weighted by molar-refractivity contribution is -0.145. The number of carbonyl (C=O) groups excluding carboxylic acids is 2. The van der Waals surface area contributed by atoms with E-state index in [9.17, 15) is 9.59 Å². The molecule has 1 aromatic carbocycles. The number of benzene rings is 1. The van der Waals surface area contributed by atoms with Crippen molar-refractivity contribution >= 4 is 23.2 Å². The number of rotatable bonds is 4. The molecular weight excluding hydrogens is 328 g/mol. The molecule has 126 valence electrons. The van der Waals surface area contributed by atoms with E-state index in [1.165, 1.54) is 18.4 Å². The zero-order valence-electron chi connectivity index (χ0n) is 13.5. The monoisotopic (exact) mass is 346 g/mol. The van der Waals surface area contributed by atoms with E-state index in [1.54, 1.807) is 22.9 Å². The van der Waals surface area contributed by atoms with Crippen molar-refractivity contribution in [2.24, 2.45) is 5.92 Å². The van der Waals surface area contributed by atoms with E-state index in [0.29, 0.717) is 18.8 Å². The molecule has 1 aromatic heterocycles. The van der Waals surface area contributed by atoms with Crippen molar-refractivity contribution in [2.75, 3.05) is 27.3 Å². The van der Waals surface area contributed by atoms with Crippen molar-refractivity contribution in [3.63, 3.8) is 0 Å². The van der Waals surface area contributed by atoms with Gasteiger partial charge in [-0.3, -0.25) is 9.59 Å². The average Bonchev–Trinajstić information content (AvgIpc) is 3.30. The Hall–Kier alpha value is -2.41. The summed E-state index contributed by atoms with van der Waals surface area (Å²) in [5.74, 6) is -0.191. The Bertz CT molecular complexity index is 715. The summed E-state index contributed by atoms with van der Waals surface area (Å²) >= 11 is 1.38. The maximum atomic E-state index is 12.5. The molecule has 24 heavy (non-hydrogen) atoms. The van der Waals surface area contributed by atoms with Crippen LogP contribution < -0.4 is 4.74 Å². The Balaban J connectivity index is 1.85. The second-order valence-electron chi connectivity index (χ2n) is 5.59. The average molecular weight is 346 g/mol. The third-order valence-electron chi connectivity index (χ3n) is 4.31. The van der Waals surface area contributed by atoms with Crippen LogP contribution in [0.25, 0.3) is 0 Å². The van der Waals surface area contributed by atoms with Crippen molar-refractivity contribution in [1.82, 2.24) is 9.88 Å². The van der Waals surface area contributed by atoms with E-state index >= 15 is 0 Å². The van der Waals surface area contributed by atoms with E-state index < -0.39 is 0 Å². The number of nitrogens with zero attached hydrogens (tertiary/aromatic N) is 2. The van der Waals surface area contributed by atoms with Gasteiger partial charge in [-0.05, 0) is 17.7 Å². The van der Waals surface area contributed by atoms with E-state index in [2.05, 4.69) is 4.98 Å². The first-order valence-electron chi connectivity index (χ1n) is 7.53. The van der Waals surface area contributed by atoms with Gasteiger partial charge in [0.25, 0.3) is 5.91 Å². The van der Waals surface area contributed by atoms with Crippen molar-refractivity contribution in [3.05, 3.63) is 46.4 Å². The van der Waals surface area contributed by atoms with Crippen LogP contribution in [0.15, 0.2) is 35.2 Å². The van der Waals surface area contributed by atoms with Crippen molar-refractivity contribution in [1.29, 1.82) is 0 Å². The van der Waals surface area contributed by atoms with Crippen LogP contribution in [0.5, 0.6) is 5.75 Å². The van der Waals surface area contributed by atoms with Crippen LogP contribution in [0, 0.1) is 5.92 Å². The largest absolute Gasteiger partial charge is 0.497 e. The predicted molar refractivity (Wildman–Crippen MR) is 89.3 cm³/mol. The highest BCUT2D eigenvalue weighted by atomic mass is 32.1. The van der Waals surface area contributed by atoms with Gasteiger partial charge < -0.3 is 14.4 Å². The summed E-state index contributed by atoms with van der Waals surface area (Å²) in [4.78, 5) is 30.5. The van der Waals surface area contributed by atoms with E-state index in [0.717, 1.165) is 11.3 Å². The SMILES string of the molecule is COC(=O)[C@@H]1CN(C(=O)c2cscn2)C[C@H]1c1ccc(OC)cc1. The Morgan fingerprint density at radius 1 is 1.21 bits per heavy atom. The van der Waals surface area contributed by atoms with Crippen LogP contribution in [0.3, 0.4) is 0 Å². The van der Waals surface area contributed by atoms with Gasteiger partial charge in [-0.15, -0.1) is 11.3 Å². The summed E-state index contributed by atoms with van der Waals surface area (Å²) in [5.41, 5.74) is 3.03. The van der Waals surface area contributed by atoms with Crippen LogP contribution in [0.2, 0.25) is 0 Å². The van der Waals surface area contributed by atoms with Gasteiger partial charge in [-0.1, -0.05) is 12.1 Å². The zero-order chi connectivity index (χ0) is 17.1. The molecule has 0 bridgehead atoms. The topological polar surface area (TPSA) is 68.7 Å². The first kappa shape index (κ1) is 16.4. The Labute approximate surface area is 144 Å². The molecule has 3 rings (SSSR count). The van der Waals surface area contributed by atoms with Gasteiger partial charge in [-0.25, -0.2) is 4.98 Å². The minimum absolute atomic E-state index is 0.106. The first-order valence-corrected chi connectivity index (χ1v) is 8.47. The molecule has 1 aliphatic heterocycles. The van der Waals surface area contributed by atoms with Crippen molar-refractivity contribution < 1.29 is 19.1 Å². The number of amides is 1. The molecule has 0 N–H and O–H groups in total. The van der Waals surface area contributed by atoms with E-state index in [4.69, 9.17) is 9.47 Å². The second-order valence-corrected chi connectivity index (χ2v) is 6.31. The fourth-order valence-corrected chi connectivity index (χ4v) is 3.55. The predicted octanol–water partition coefficient (Wildman–Crippen LogP) is 2.18. The standard InChI is InChI=1S/C17H18N2O4S/c1-22-12-5-3-11(4-6-12)13-7-19(8-14(13)17(21)23-2)16(20)15-9-24-10-18-15/h3-6,9-10,13-14H,7-8H2,1-2H3/t13-,14+/m0/s1. The number of esters is 1. The normalized spacial score (nSPS) is 20.0. The molecule has 0 saturated carbocycles. The van der Waals surface area contributed by atoms with E-state index in [-0.39, 0.29) is 23.7 Å². The van der Waals surface area contributed by atoms with Gasteiger partial charge in [0.1, 0.15) is 11.4 Å². The lowest BCUT2D eigenvalue weighted by Crippen LogP contribution is -2.30. The summed E-state index contributed by atoms with van der Waals surface area (Å²) in [7, 11) is 2.98. The van der Waals surface area contributed by atoms with Crippen molar-refractivity contribution in [3.8, 4) is 5.75 Å². The maximum absolute atomic E-state index is 12.5. The Kier molecular flexibility index (Phi) is 4.80. The third-order valence-corrected chi connectivity index (χ3v) is 4.89. The zero-order valence-corrected chi connectivity index (χ0v) is 14.3. The number of hydrogen-bond donors (Lipinski definition) is 0. The highest BCUT2D eigenvalue weighted by Crippen LogP contribution is 2.35. The maximum Gasteiger partial charge on any atom is 0.311 e. The van der Waals surface area contributed by atoms with Gasteiger partial charge in [0.05, 0.1) is 25.6 Å². The minimum Gasteiger partial charge on any atom is -0.497 e. The van der Waals surface area contributed by atoms with Crippen molar-refractivity contribution in [2.45, 2.75) is 5.92 Å². The second kappa shape index (κ2) is 7.00. The van der Waals surface area contributed by atoms with Crippen LogP contribution in [0.1, 0.15) is 22.0 Å². The highest BCUT2D eigenvalue weighted by molar-refractivity contribution is 7.07. The van der Waals surface area contributed by atoms with Crippen LogP contribution in [0.4, 0.5) is 0 Å². The Morgan fingerprint density at radius 3 is 2.54 bits per heavy atom. The third kappa shape index (κ3) is 3.12. The van der Waals surface area contributed by atoms with Crippen LogP contribution in [-0.4, -0.2) is 49.1 Å². The summed E-state index contributed by atoms with van der Waals surface area (Å²) in [6, 6.07) is 7.57. The molecule has 1 amide bonds. The minimum atomic E-state index is -0.383. The number of likely N-dealkylation sites (tertiary alicyclic amines) is 1. The molecule has 2 heterocycles. The van der Waals surface area contributed by atoms with Crippen LogP contribution in [-0.2, 0) is 9.53 Å². The lowest BCUT2D eigenvalue weighted by atomic mass is 9.89. The molecule has 1 saturated heterocycles. The number of methoxy groups -OCH3 is 2. The molecule has 1 aliphatic rings. The summed E-state index contributed by atoms with van der Waals surface area (Å²) in [6.45, 7) is 0.794. The number of aromatic nitrogens is 1. The molecule has 6 nitrogen and oxygen atoms in total. The molecule has 0 aliphatic carbocycles. The fourth-order valence-electron chi connectivity index (χ4n) is 3.03. The number of thiazole rings is 1. The Morgan fingerprint density at radius 2 is 1.96 bits per heavy atom. The molecule has 0 spiro atoms. The summed E-state index contributed by atoms with van der Waals surface area (Å²) in [5, 5.41) is 1.72. The molecule has 2 atom stereocenters. The molecular formula is C17H18N2O4S. The van der Waals surface area contributed by atoms with Gasteiger partial charge >= 0.3 is 5.97 Å². The van der Waals surface area contributed by atoms with Crippen LogP contribution >= 0.6 is 11.3 Å². The molecule has 0 radical (unpaired) electrons. The number of hydrogen-bond acceptors (Lipinski definition) is 6. The lowest BCUT2D eigenvalue weighted by Gasteiger charge is -2.16. The molecule has 7 heteroatoms. The first-order chi connectivity index (χ1) is 11.6. The van der Waals surface area contributed by atoms with Gasteiger partial charge in [0.2, 0.25) is 0 Å². The molecule has 2 aromatic rings. The fraction of sp³-hybridized carbons (Fsp3) is 0.353. The van der Waals surface area contributed by atoms with E-state index in [1.807, 2.05) is 24.3 Å². The molecule has 0 unspecified atom stereocenters.